The Morgan fingerprint density at radius 1 is 1.17 bits per heavy atom. The van der Waals surface area contributed by atoms with Gasteiger partial charge in [-0.1, -0.05) is 47.1 Å². The number of benzene rings is 2. The second-order valence-electron chi connectivity index (χ2n) is 5.86. The minimum Gasteiger partial charge on any atom is -0.355 e. The largest absolute Gasteiger partial charge is 0.355 e. The number of carbonyl (C=O) groups is 1. The molecule has 0 radical (unpaired) electrons. The summed E-state index contributed by atoms with van der Waals surface area (Å²) in [5.41, 5.74) is 4.96. The van der Waals surface area contributed by atoms with Gasteiger partial charge in [0.15, 0.2) is 11.5 Å². The number of aromatic nitrogens is 1. The minimum absolute atomic E-state index is 0.273. The highest BCUT2D eigenvalue weighted by Gasteiger charge is 2.27. The van der Waals surface area contributed by atoms with E-state index in [4.69, 9.17) is 16.1 Å². The number of rotatable bonds is 2. The normalized spacial score (nSPS) is 12.4. The van der Waals surface area contributed by atoms with E-state index >= 15 is 0 Å². The molecule has 0 unspecified atom stereocenters. The maximum atomic E-state index is 12.6. The second-order valence-corrected chi connectivity index (χ2v) is 6.27. The first-order valence-corrected chi connectivity index (χ1v) is 8.16. The van der Waals surface area contributed by atoms with Gasteiger partial charge in [0, 0.05) is 21.8 Å². The summed E-state index contributed by atoms with van der Waals surface area (Å²) in [6.45, 7) is 1.87. The molecule has 1 aliphatic rings. The first-order valence-electron chi connectivity index (χ1n) is 7.78. The molecule has 0 atom stereocenters. The standard InChI is InChI=1S/C19H15ClN2O2/c1-11-15(20)7-4-8-16(11)21-19(23)17-14-10-9-12-5-2-3-6-13(12)18(14)24-22-17/h2-8H,9-10H2,1H3,(H,21,23). The lowest BCUT2D eigenvalue weighted by Crippen LogP contribution is -2.16. The van der Waals surface area contributed by atoms with Crippen LogP contribution in [0.25, 0.3) is 11.3 Å². The van der Waals surface area contributed by atoms with Gasteiger partial charge in [-0.15, -0.1) is 0 Å². The summed E-state index contributed by atoms with van der Waals surface area (Å²) in [4.78, 5) is 12.6. The molecular weight excluding hydrogens is 324 g/mol. The molecule has 5 heteroatoms. The lowest BCUT2D eigenvalue weighted by molar-refractivity contribution is 0.101. The molecule has 2 aromatic carbocycles. The Morgan fingerprint density at radius 2 is 2.00 bits per heavy atom. The van der Waals surface area contributed by atoms with Crippen LogP contribution in [-0.2, 0) is 12.8 Å². The van der Waals surface area contributed by atoms with Crippen molar-refractivity contribution in [2.45, 2.75) is 19.8 Å². The molecule has 4 nitrogen and oxygen atoms in total. The predicted octanol–water partition coefficient (Wildman–Crippen LogP) is 4.65. The van der Waals surface area contributed by atoms with Crippen molar-refractivity contribution in [3.63, 3.8) is 0 Å². The summed E-state index contributed by atoms with van der Waals surface area (Å²) >= 11 is 6.11. The number of carbonyl (C=O) groups excluding carboxylic acids is 1. The molecule has 120 valence electrons. The Bertz CT molecular complexity index is 946. The van der Waals surface area contributed by atoms with E-state index in [0.717, 1.165) is 29.5 Å². The average Bonchev–Trinajstić information content (AvgIpc) is 3.03. The highest BCUT2D eigenvalue weighted by molar-refractivity contribution is 6.31. The Morgan fingerprint density at radius 3 is 2.88 bits per heavy atom. The van der Waals surface area contributed by atoms with E-state index in [2.05, 4.69) is 16.5 Å². The van der Waals surface area contributed by atoms with Crippen molar-refractivity contribution in [1.29, 1.82) is 0 Å². The highest BCUT2D eigenvalue weighted by Crippen LogP contribution is 2.35. The minimum atomic E-state index is -0.273. The van der Waals surface area contributed by atoms with Gasteiger partial charge in [-0.2, -0.15) is 0 Å². The van der Waals surface area contributed by atoms with Crippen molar-refractivity contribution in [3.05, 3.63) is 69.9 Å². The van der Waals surface area contributed by atoms with Gasteiger partial charge in [-0.3, -0.25) is 4.79 Å². The van der Waals surface area contributed by atoms with E-state index in [1.165, 1.54) is 5.56 Å². The van der Waals surface area contributed by atoms with Crippen LogP contribution in [0.15, 0.2) is 47.0 Å². The van der Waals surface area contributed by atoms with E-state index in [-0.39, 0.29) is 5.91 Å². The van der Waals surface area contributed by atoms with Crippen LogP contribution in [0.3, 0.4) is 0 Å². The zero-order valence-corrected chi connectivity index (χ0v) is 13.9. The van der Waals surface area contributed by atoms with Crippen LogP contribution in [0.4, 0.5) is 5.69 Å². The van der Waals surface area contributed by atoms with E-state index in [0.29, 0.717) is 22.2 Å². The molecule has 0 aliphatic heterocycles. The molecule has 0 bridgehead atoms. The summed E-state index contributed by atoms with van der Waals surface area (Å²) in [5, 5.41) is 7.52. The number of aryl methyl sites for hydroxylation is 1. The van der Waals surface area contributed by atoms with E-state index in [1.54, 1.807) is 12.1 Å². The zero-order valence-electron chi connectivity index (χ0n) is 13.1. The van der Waals surface area contributed by atoms with Crippen LogP contribution in [0.5, 0.6) is 0 Å². The molecule has 1 N–H and O–H groups in total. The fraction of sp³-hybridized carbons (Fsp3) is 0.158. The van der Waals surface area contributed by atoms with Crippen LogP contribution < -0.4 is 5.32 Å². The lowest BCUT2D eigenvalue weighted by Gasteiger charge is -2.14. The van der Waals surface area contributed by atoms with Crippen LogP contribution in [0.1, 0.15) is 27.2 Å². The van der Waals surface area contributed by atoms with Gasteiger partial charge in [-0.05, 0) is 43.0 Å². The van der Waals surface area contributed by atoms with Gasteiger partial charge in [0.2, 0.25) is 0 Å². The Kier molecular flexibility index (Phi) is 3.62. The second kappa shape index (κ2) is 5.80. The van der Waals surface area contributed by atoms with Crippen molar-refractivity contribution in [3.8, 4) is 11.3 Å². The van der Waals surface area contributed by atoms with E-state index in [9.17, 15) is 4.79 Å². The average molecular weight is 339 g/mol. The number of nitrogens with zero attached hydrogens (tertiary/aromatic N) is 1. The van der Waals surface area contributed by atoms with Crippen LogP contribution in [0, 0.1) is 6.92 Å². The predicted molar refractivity (Wildman–Crippen MR) is 93.5 cm³/mol. The first kappa shape index (κ1) is 15.0. The quantitative estimate of drug-likeness (QED) is 0.739. The van der Waals surface area contributed by atoms with Crippen molar-refractivity contribution >= 4 is 23.2 Å². The smallest absolute Gasteiger partial charge is 0.278 e. The number of anilines is 1. The molecule has 0 saturated heterocycles. The number of amides is 1. The van der Waals surface area contributed by atoms with Gasteiger partial charge in [0.05, 0.1) is 0 Å². The Labute approximate surface area is 144 Å². The maximum Gasteiger partial charge on any atom is 0.278 e. The molecule has 0 saturated carbocycles. The number of hydrogen-bond donors (Lipinski definition) is 1. The molecule has 0 fully saturated rings. The maximum absolute atomic E-state index is 12.6. The zero-order chi connectivity index (χ0) is 16.7. The number of halogens is 1. The number of nitrogens with one attached hydrogen (secondary N) is 1. The van der Waals surface area contributed by atoms with Crippen LogP contribution >= 0.6 is 11.6 Å². The molecule has 0 spiro atoms. The van der Waals surface area contributed by atoms with E-state index in [1.807, 2.05) is 31.2 Å². The summed E-state index contributed by atoms with van der Waals surface area (Å²) < 4.78 is 5.49. The summed E-state index contributed by atoms with van der Waals surface area (Å²) in [7, 11) is 0. The van der Waals surface area contributed by atoms with Crippen molar-refractivity contribution < 1.29 is 9.32 Å². The molecule has 1 aromatic heterocycles. The number of fused-ring (bicyclic) bond motifs is 3. The van der Waals surface area contributed by atoms with Crippen molar-refractivity contribution in [2.24, 2.45) is 0 Å². The Balaban J connectivity index is 1.68. The third-order valence-corrected chi connectivity index (χ3v) is 4.83. The molecule has 3 aromatic rings. The first-order chi connectivity index (χ1) is 11.6. The van der Waals surface area contributed by atoms with E-state index < -0.39 is 0 Å². The van der Waals surface area contributed by atoms with Gasteiger partial charge in [0.25, 0.3) is 5.91 Å². The third-order valence-electron chi connectivity index (χ3n) is 4.43. The van der Waals surface area contributed by atoms with Gasteiger partial charge in [-0.25, -0.2) is 0 Å². The summed E-state index contributed by atoms with van der Waals surface area (Å²) in [6.07, 6.45) is 1.62. The Hall–Kier alpha value is -2.59. The monoisotopic (exact) mass is 338 g/mol. The van der Waals surface area contributed by atoms with Gasteiger partial charge in [0.1, 0.15) is 0 Å². The van der Waals surface area contributed by atoms with Gasteiger partial charge < -0.3 is 9.84 Å². The SMILES string of the molecule is Cc1c(Cl)cccc1NC(=O)c1noc2c1CCc1ccccc1-2. The molecule has 1 heterocycles. The fourth-order valence-electron chi connectivity index (χ4n) is 3.08. The molecular formula is C19H15ClN2O2. The summed E-state index contributed by atoms with van der Waals surface area (Å²) in [6, 6.07) is 13.5. The number of hydrogen-bond acceptors (Lipinski definition) is 3. The summed E-state index contributed by atoms with van der Waals surface area (Å²) in [5.74, 6) is 0.426. The topological polar surface area (TPSA) is 55.1 Å². The fourth-order valence-corrected chi connectivity index (χ4v) is 3.25. The van der Waals surface area contributed by atoms with Crippen molar-refractivity contribution in [1.82, 2.24) is 5.16 Å². The van der Waals surface area contributed by atoms with Gasteiger partial charge >= 0.3 is 0 Å². The van der Waals surface area contributed by atoms with Crippen LogP contribution in [-0.4, -0.2) is 11.1 Å². The van der Waals surface area contributed by atoms with Crippen LogP contribution in [0.2, 0.25) is 5.02 Å². The molecule has 1 amide bonds. The highest BCUT2D eigenvalue weighted by atomic mass is 35.5. The van der Waals surface area contributed by atoms with Crippen molar-refractivity contribution in [2.75, 3.05) is 5.32 Å². The lowest BCUT2D eigenvalue weighted by atomic mass is 9.89. The molecule has 1 aliphatic carbocycles. The molecule has 24 heavy (non-hydrogen) atoms. The third kappa shape index (κ3) is 2.39. The molecule has 4 rings (SSSR count).